The van der Waals surface area contributed by atoms with Gasteiger partial charge in [0.05, 0.1) is 12.2 Å². The summed E-state index contributed by atoms with van der Waals surface area (Å²) in [5, 5.41) is 20.3. The summed E-state index contributed by atoms with van der Waals surface area (Å²) in [5.41, 5.74) is 0.997. The fraction of sp³-hybridized carbons (Fsp3) is 0.421. The molecule has 0 unspecified atom stereocenters. The van der Waals surface area contributed by atoms with E-state index < -0.39 is 18.3 Å². The van der Waals surface area contributed by atoms with Crippen LogP contribution in [0.1, 0.15) is 24.8 Å². The van der Waals surface area contributed by atoms with Crippen LogP contribution in [0.25, 0.3) is 6.08 Å². The molecule has 5 atom stereocenters. The molecule has 1 aromatic rings. The van der Waals surface area contributed by atoms with Crippen LogP contribution in [0.15, 0.2) is 48.6 Å². The minimum Gasteiger partial charge on any atom is -0.459 e. The van der Waals surface area contributed by atoms with Gasteiger partial charge in [-0.1, -0.05) is 48.6 Å². The van der Waals surface area contributed by atoms with E-state index in [1.54, 1.807) is 12.2 Å². The molecule has 3 rings (SSSR count). The summed E-state index contributed by atoms with van der Waals surface area (Å²) in [4.78, 5) is 11.3. The molecule has 2 heterocycles. The number of carbonyl (C=O) groups excluding carboxylic acids is 1. The van der Waals surface area contributed by atoms with Crippen LogP contribution < -0.4 is 0 Å². The molecule has 0 radical (unpaired) electrons. The summed E-state index contributed by atoms with van der Waals surface area (Å²) >= 11 is 0. The van der Waals surface area contributed by atoms with Crippen molar-refractivity contribution in [2.75, 3.05) is 0 Å². The minimum atomic E-state index is -0.963. The number of aliphatic hydroxyl groups excluding tert-OH is 2. The van der Waals surface area contributed by atoms with Gasteiger partial charge in [0, 0.05) is 25.3 Å². The lowest BCUT2D eigenvalue weighted by Gasteiger charge is -2.37. The number of hydrogen-bond donors (Lipinski definition) is 2. The van der Waals surface area contributed by atoms with Gasteiger partial charge in [-0.15, -0.1) is 0 Å². The lowest BCUT2D eigenvalue weighted by Crippen LogP contribution is -2.48. The average Bonchev–Trinajstić information content (AvgIpc) is 2.58. The Bertz CT molecular complexity index is 609. The van der Waals surface area contributed by atoms with Crippen molar-refractivity contribution in [3.63, 3.8) is 0 Å². The van der Waals surface area contributed by atoms with E-state index in [0.717, 1.165) is 5.56 Å². The predicted octanol–water partition coefficient (Wildman–Crippen LogP) is 1.84. The quantitative estimate of drug-likeness (QED) is 0.824. The van der Waals surface area contributed by atoms with E-state index in [2.05, 4.69) is 0 Å². The van der Waals surface area contributed by atoms with E-state index in [4.69, 9.17) is 9.47 Å². The molecule has 24 heavy (non-hydrogen) atoms. The molecule has 2 aliphatic rings. The minimum absolute atomic E-state index is 0.242. The van der Waals surface area contributed by atoms with Crippen molar-refractivity contribution in [2.45, 2.75) is 49.8 Å². The lowest BCUT2D eigenvalue weighted by molar-refractivity contribution is -0.165. The molecule has 0 bridgehead atoms. The van der Waals surface area contributed by atoms with E-state index in [-0.39, 0.29) is 18.2 Å². The Kier molecular flexibility index (Phi) is 5.45. The molecule has 0 amide bonds. The molecule has 0 saturated carbocycles. The average molecular weight is 330 g/mol. The zero-order valence-corrected chi connectivity index (χ0v) is 13.3. The van der Waals surface area contributed by atoms with Crippen LogP contribution in [-0.4, -0.2) is 46.7 Å². The van der Waals surface area contributed by atoms with Crippen molar-refractivity contribution >= 4 is 12.0 Å². The number of cyclic esters (lactones) is 1. The van der Waals surface area contributed by atoms with Gasteiger partial charge < -0.3 is 19.7 Å². The first-order valence-corrected chi connectivity index (χ1v) is 8.24. The maximum absolute atomic E-state index is 11.3. The van der Waals surface area contributed by atoms with Gasteiger partial charge in [0.25, 0.3) is 0 Å². The fourth-order valence-corrected chi connectivity index (χ4v) is 3.07. The molecule has 0 spiro atoms. The normalized spacial score (nSPS) is 33.6. The smallest absolute Gasteiger partial charge is 0.330 e. The Morgan fingerprint density at radius 2 is 1.96 bits per heavy atom. The zero-order valence-electron chi connectivity index (χ0n) is 13.3. The molecule has 128 valence electrons. The van der Waals surface area contributed by atoms with Gasteiger partial charge in [-0.25, -0.2) is 4.79 Å². The molecule has 1 saturated heterocycles. The molecule has 1 aromatic carbocycles. The summed E-state index contributed by atoms with van der Waals surface area (Å²) in [6.45, 7) is 0. The van der Waals surface area contributed by atoms with E-state index in [1.165, 1.54) is 6.08 Å². The second-order valence-corrected chi connectivity index (χ2v) is 6.22. The topological polar surface area (TPSA) is 76.0 Å². The first-order valence-electron chi connectivity index (χ1n) is 8.24. The highest BCUT2D eigenvalue weighted by Gasteiger charge is 2.36. The highest BCUT2D eigenvalue weighted by atomic mass is 16.5. The van der Waals surface area contributed by atoms with E-state index >= 15 is 0 Å². The number of aliphatic hydroxyl groups is 2. The van der Waals surface area contributed by atoms with Crippen LogP contribution in [-0.2, 0) is 14.3 Å². The van der Waals surface area contributed by atoms with Crippen LogP contribution >= 0.6 is 0 Å². The van der Waals surface area contributed by atoms with Crippen LogP contribution in [0.3, 0.4) is 0 Å². The predicted molar refractivity (Wildman–Crippen MR) is 89.0 cm³/mol. The van der Waals surface area contributed by atoms with Crippen molar-refractivity contribution < 1.29 is 24.5 Å². The van der Waals surface area contributed by atoms with Crippen molar-refractivity contribution in [1.82, 2.24) is 0 Å². The van der Waals surface area contributed by atoms with E-state index in [0.29, 0.717) is 19.3 Å². The summed E-state index contributed by atoms with van der Waals surface area (Å²) in [6, 6.07) is 9.70. The van der Waals surface area contributed by atoms with Crippen molar-refractivity contribution in [3.05, 3.63) is 54.1 Å². The van der Waals surface area contributed by atoms with E-state index in [1.807, 2.05) is 36.4 Å². The van der Waals surface area contributed by atoms with Crippen molar-refractivity contribution in [2.24, 2.45) is 0 Å². The molecular weight excluding hydrogens is 308 g/mol. The summed E-state index contributed by atoms with van der Waals surface area (Å²) in [7, 11) is 0. The third-order valence-electron chi connectivity index (χ3n) is 4.32. The first-order chi connectivity index (χ1) is 11.6. The highest BCUT2D eigenvalue weighted by molar-refractivity contribution is 5.82. The van der Waals surface area contributed by atoms with Crippen LogP contribution in [0.2, 0.25) is 0 Å². The molecule has 1 fully saturated rings. The van der Waals surface area contributed by atoms with Crippen molar-refractivity contribution in [3.8, 4) is 0 Å². The molecule has 0 aliphatic carbocycles. The van der Waals surface area contributed by atoms with Crippen molar-refractivity contribution in [1.29, 1.82) is 0 Å². The molecule has 0 aromatic heterocycles. The summed E-state index contributed by atoms with van der Waals surface area (Å²) in [6.07, 6.45) is 5.41. The van der Waals surface area contributed by atoms with E-state index in [9.17, 15) is 15.0 Å². The summed E-state index contributed by atoms with van der Waals surface area (Å²) < 4.78 is 11.2. The van der Waals surface area contributed by atoms with Crippen LogP contribution in [0, 0.1) is 0 Å². The van der Waals surface area contributed by atoms with Gasteiger partial charge >= 0.3 is 5.97 Å². The third-order valence-corrected chi connectivity index (χ3v) is 4.32. The standard InChI is InChI=1S/C19H22O5/c20-16-12-15(11-14-7-4-8-18(21)24-14)23-17(19(16)22)10-9-13-5-2-1-3-6-13/h1-6,8-10,14-17,19-20,22H,7,11-12H2/b10-9+/t14-,15+,16+,17+,19-/m1/s1. The molecule has 2 aliphatic heterocycles. The number of carbonyl (C=O) groups is 1. The van der Waals surface area contributed by atoms with Gasteiger partial charge in [0.1, 0.15) is 18.3 Å². The Hall–Kier alpha value is -1.95. The number of esters is 1. The molecule has 2 N–H and O–H groups in total. The number of benzene rings is 1. The molecule has 5 nitrogen and oxygen atoms in total. The Morgan fingerprint density at radius 3 is 2.71 bits per heavy atom. The second kappa shape index (κ2) is 7.75. The highest BCUT2D eigenvalue weighted by Crippen LogP contribution is 2.27. The Morgan fingerprint density at radius 1 is 1.17 bits per heavy atom. The van der Waals surface area contributed by atoms with Gasteiger partial charge in [0.15, 0.2) is 0 Å². The maximum Gasteiger partial charge on any atom is 0.330 e. The fourth-order valence-electron chi connectivity index (χ4n) is 3.07. The molecular formula is C19H22O5. The zero-order chi connectivity index (χ0) is 16.9. The Labute approximate surface area is 141 Å². The largest absolute Gasteiger partial charge is 0.459 e. The Balaban J connectivity index is 1.62. The first kappa shape index (κ1) is 16.9. The lowest BCUT2D eigenvalue weighted by atomic mass is 9.93. The summed E-state index contributed by atoms with van der Waals surface area (Å²) in [5.74, 6) is -0.344. The second-order valence-electron chi connectivity index (χ2n) is 6.22. The number of rotatable bonds is 4. The number of hydrogen-bond acceptors (Lipinski definition) is 5. The molecule has 5 heteroatoms. The van der Waals surface area contributed by atoms with Gasteiger partial charge in [-0.3, -0.25) is 0 Å². The van der Waals surface area contributed by atoms with Crippen LogP contribution in [0.4, 0.5) is 0 Å². The number of ether oxygens (including phenoxy) is 2. The third kappa shape index (κ3) is 4.32. The van der Waals surface area contributed by atoms with Crippen LogP contribution in [0.5, 0.6) is 0 Å². The maximum atomic E-state index is 11.3. The van der Waals surface area contributed by atoms with Gasteiger partial charge in [-0.2, -0.15) is 0 Å². The SMILES string of the molecule is O=C1C=CC[C@H](C[C@H]2C[C@H](O)[C@@H](O)[C@H](/C=C/c3ccccc3)O2)O1. The van der Waals surface area contributed by atoms with Gasteiger partial charge in [-0.05, 0) is 5.56 Å². The van der Waals surface area contributed by atoms with Gasteiger partial charge in [0.2, 0.25) is 0 Å². The monoisotopic (exact) mass is 330 g/mol.